The molecule has 5 nitrogen and oxygen atoms in total. The molecule has 0 unspecified atom stereocenters. The first kappa shape index (κ1) is 19.7. The number of piperidine rings is 1. The van der Waals surface area contributed by atoms with Crippen LogP contribution in [0, 0.1) is 0 Å². The van der Waals surface area contributed by atoms with Gasteiger partial charge in [0.1, 0.15) is 18.0 Å². The molecule has 1 amide bonds. The molecule has 1 heterocycles. The first-order valence-corrected chi connectivity index (χ1v) is 9.54. The molecular formula is C21H25ClN2O3. The molecule has 0 radical (unpaired) electrons. The van der Waals surface area contributed by atoms with Crippen molar-refractivity contribution >= 4 is 17.5 Å². The van der Waals surface area contributed by atoms with Crippen molar-refractivity contribution in [3.05, 3.63) is 65.2 Å². The van der Waals surface area contributed by atoms with E-state index in [1.54, 1.807) is 12.1 Å². The standard InChI is InChI=1S/C21H25ClN2O3/c22-18-7-4-8-19(13-18)27-16-21(26)9-11-24(12-10-21)15-20(25)23-14-17-5-2-1-3-6-17/h1-8,13,26H,9-12,14-16H2,(H,23,25). The minimum Gasteiger partial charge on any atom is -0.491 e. The zero-order chi connectivity index (χ0) is 19.1. The Morgan fingerprint density at radius 3 is 2.59 bits per heavy atom. The van der Waals surface area contributed by atoms with Crippen molar-refractivity contribution < 1.29 is 14.6 Å². The first-order valence-electron chi connectivity index (χ1n) is 9.16. The summed E-state index contributed by atoms with van der Waals surface area (Å²) >= 11 is 5.95. The van der Waals surface area contributed by atoms with Gasteiger partial charge in [0.05, 0.1) is 6.54 Å². The van der Waals surface area contributed by atoms with Gasteiger partial charge in [0.25, 0.3) is 0 Å². The number of rotatable bonds is 7. The Balaban J connectivity index is 1.39. The van der Waals surface area contributed by atoms with Crippen LogP contribution in [0.2, 0.25) is 5.02 Å². The third kappa shape index (κ3) is 6.24. The Labute approximate surface area is 164 Å². The third-order valence-corrected chi connectivity index (χ3v) is 5.03. The van der Waals surface area contributed by atoms with E-state index in [1.165, 1.54) is 0 Å². The zero-order valence-electron chi connectivity index (χ0n) is 15.2. The van der Waals surface area contributed by atoms with Crippen LogP contribution >= 0.6 is 11.6 Å². The maximum atomic E-state index is 12.1. The van der Waals surface area contributed by atoms with Gasteiger partial charge in [0.15, 0.2) is 0 Å². The highest BCUT2D eigenvalue weighted by Crippen LogP contribution is 2.24. The van der Waals surface area contributed by atoms with Gasteiger partial charge in [-0.2, -0.15) is 0 Å². The quantitative estimate of drug-likeness (QED) is 0.765. The van der Waals surface area contributed by atoms with Gasteiger partial charge in [-0.25, -0.2) is 0 Å². The van der Waals surface area contributed by atoms with Crippen molar-refractivity contribution in [2.45, 2.75) is 25.0 Å². The predicted octanol–water partition coefficient (Wildman–Crippen LogP) is 2.86. The molecular weight excluding hydrogens is 364 g/mol. The summed E-state index contributed by atoms with van der Waals surface area (Å²) in [4.78, 5) is 14.2. The lowest BCUT2D eigenvalue weighted by Crippen LogP contribution is -2.50. The van der Waals surface area contributed by atoms with Gasteiger partial charge in [0.2, 0.25) is 5.91 Å². The molecule has 0 aromatic heterocycles. The number of ether oxygens (including phenoxy) is 1. The summed E-state index contributed by atoms with van der Waals surface area (Å²) in [5, 5.41) is 14.3. The minimum absolute atomic E-state index is 0.000490. The number of nitrogens with zero attached hydrogens (tertiary/aromatic N) is 1. The number of carbonyl (C=O) groups excluding carboxylic acids is 1. The molecule has 6 heteroatoms. The number of hydrogen-bond acceptors (Lipinski definition) is 4. The summed E-state index contributed by atoms with van der Waals surface area (Å²) in [6, 6.07) is 17.0. The fourth-order valence-electron chi connectivity index (χ4n) is 3.10. The topological polar surface area (TPSA) is 61.8 Å². The Kier molecular flexibility index (Phi) is 6.72. The van der Waals surface area contributed by atoms with Crippen LogP contribution < -0.4 is 10.1 Å². The van der Waals surface area contributed by atoms with Crippen LogP contribution in [0.4, 0.5) is 0 Å². The largest absolute Gasteiger partial charge is 0.491 e. The molecule has 1 fully saturated rings. The number of hydrogen-bond donors (Lipinski definition) is 2. The molecule has 1 aliphatic rings. The monoisotopic (exact) mass is 388 g/mol. The maximum Gasteiger partial charge on any atom is 0.234 e. The van der Waals surface area contributed by atoms with Crippen LogP contribution in [0.5, 0.6) is 5.75 Å². The van der Waals surface area contributed by atoms with Crippen LogP contribution in [0.3, 0.4) is 0 Å². The smallest absolute Gasteiger partial charge is 0.234 e. The van der Waals surface area contributed by atoms with Crippen LogP contribution in [-0.4, -0.2) is 47.8 Å². The van der Waals surface area contributed by atoms with Crippen LogP contribution in [0.1, 0.15) is 18.4 Å². The van der Waals surface area contributed by atoms with Crippen molar-refractivity contribution in [3.63, 3.8) is 0 Å². The van der Waals surface area contributed by atoms with E-state index >= 15 is 0 Å². The van der Waals surface area contributed by atoms with Gasteiger partial charge >= 0.3 is 0 Å². The summed E-state index contributed by atoms with van der Waals surface area (Å²) in [7, 11) is 0. The summed E-state index contributed by atoms with van der Waals surface area (Å²) in [6.45, 7) is 2.42. The number of amides is 1. The summed E-state index contributed by atoms with van der Waals surface area (Å²) < 4.78 is 5.70. The Morgan fingerprint density at radius 2 is 1.89 bits per heavy atom. The second-order valence-electron chi connectivity index (χ2n) is 7.01. The molecule has 2 aromatic rings. The van der Waals surface area contributed by atoms with Gasteiger partial charge in [0, 0.05) is 24.7 Å². The Morgan fingerprint density at radius 1 is 1.15 bits per heavy atom. The molecule has 0 bridgehead atoms. The zero-order valence-corrected chi connectivity index (χ0v) is 16.0. The van der Waals surface area contributed by atoms with Crippen LogP contribution in [-0.2, 0) is 11.3 Å². The molecule has 144 valence electrons. The third-order valence-electron chi connectivity index (χ3n) is 4.79. The Hall–Kier alpha value is -2.08. The van der Waals surface area contributed by atoms with Crippen LogP contribution in [0.15, 0.2) is 54.6 Å². The summed E-state index contributed by atoms with van der Waals surface area (Å²) in [5.41, 5.74) is 0.205. The first-order chi connectivity index (χ1) is 13.0. The Bertz CT molecular complexity index is 746. The number of nitrogens with one attached hydrogen (secondary N) is 1. The lowest BCUT2D eigenvalue weighted by atomic mass is 9.92. The average molecular weight is 389 g/mol. The molecule has 0 atom stereocenters. The molecule has 27 heavy (non-hydrogen) atoms. The van der Waals surface area contributed by atoms with Gasteiger partial charge in [-0.05, 0) is 36.6 Å². The van der Waals surface area contributed by atoms with E-state index in [4.69, 9.17) is 16.3 Å². The number of carbonyl (C=O) groups is 1. The molecule has 0 saturated carbocycles. The number of likely N-dealkylation sites (tertiary alicyclic amines) is 1. The highest BCUT2D eigenvalue weighted by Gasteiger charge is 2.33. The molecule has 0 aliphatic carbocycles. The lowest BCUT2D eigenvalue weighted by molar-refractivity contribution is -0.124. The average Bonchev–Trinajstić information content (AvgIpc) is 2.68. The van der Waals surface area contributed by atoms with Gasteiger partial charge in [-0.3, -0.25) is 9.69 Å². The molecule has 1 aliphatic heterocycles. The number of aliphatic hydroxyl groups is 1. The van der Waals surface area contributed by atoms with E-state index in [0.29, 0.717) is 49.8 Å². The van der Waals surface area contributed by atoms with E-state index in [1.807, 2.05) is 42.5 Å². The maximum absolute atomic E-state index is 12.1. The van der Waals surface area contributed by atoms with Crippen molar-refractivity contribution in [2.24, 2.45) is 0 Å². The van der Waals surface area contributed by atoms with Gasteiger partial charge in [-0.1, -0.05) is 48.0 Å². The normalized spacial score (nSPS) is 16.7. The summed E-state index contributed by atoms with van der Waals surface area (Å²) in [6.07, 6.45) is 1.14. The van der Waals surface area contributed by atoms with Crippen molar-refractivity contribution in [1.29, 1.82) is 0 Å². The van der Waals surface area contributed by atoms with Gasteiger partial charge < -0.3 is 15.2 Å². The second kappa shape index (κ2) is 9.22. The van der Waals surface area contributed by atoms with E-state index in [9.17, 15) is 9.90 Å². The predicted molar refractivity (Wildman–Crippen MR) is 106 cm³/mol. The number of halogens is 1. The van der Waals surface area contributed by atoms with Crippen molar-refractivity contribution in [1.82, 2.24) is 10.2 Å². The molecule has 3 rings (SSSR count). The lowest BCUT2D eigenvalue weighted by Gasteiger charge is -2.37. The van der Waals surface area contributed by atoms with Gasteiger partial charge in [-0.15, -0.1) is 0 Å². The molecule has 2 aromatic carbocycles. The second-order valence-corrected chi connectivity index (χ2v) is 7.45. The van der Waals surface area contributed by atoms with Crippen LogP contribution in [0.25, 0.3) is 0 Å². The van der Waals surface area contributed by atoms with E-state index in [0.717, 1.165) is 5.56 Å². The summed E-state index contributed by atoms with van der Waals surface area (Å²) in [5.74, 6) is 0.651. The fraction of sp³-hybridized carbons (Fsp3) is 0.381. The van der Waals surface area contributed by atoms with Crippen molar-refractivity contribution in [2.75, 3.05) is 26.2 Å². The fourth-order valence-corrected chi connectivity index (χ4v) is 3.28. The number of benzene rings is 2. The van der Waals surface area contributed by atoms with E-state index in [-0.39, 0.29) is 12.5 Å². The SMILES string of the molecule is O=C(CN1CCC(O)(COc2cccc(Cl)c2)CC1)NCc1ccccc1. The van der Waals surface area contributed by atoms with E-state index in [2.05, 4.69) is 10.2 Å². The molecule has 1 saturated heterocycles. The highest BCUT2D eigenvalue weighted by molar-refractivity contribution is 6.30. The molecule has 0 spiro atoms. The molecule has 2 N–H and O–H groups in total. The van der Waals surface area contributed by atoms with E-state index < -0.39 is 5.60 Å². The minimum atomic E-state index is -0.876. The van der Waals surface area contributed by atoms with Crippen molar-refractivity contribution in [3.8, 4) is 5.75 Å². The highest BCUT2D eigenvalue weighted by atomic mass is 35.5.